The molecule has 0 radical (unpaired) electrons. The van der Waals surface area contributed by atoms with E-state index in [0.29, 0.717) is 18.0 Å². The molecule has 2 aromatic heterocycles. The van der Waals surface area contributed by atoms with Crippen LogP contribution in [-0.4, -0.2) is 46.0 Å². The minimum atomic E-state index is -0.116. The number of nitrogens with zero attached hydrogens (tertiary/aromatic N) is 4. The Morgan fingerprint density at radius 1 is 1.12 bits per heavy atom. The van der Waals surface area contributed by atoms with Crippen LogP contribution < -0.4 is 9.47 Å². The highest BCUT2D eigenvalue weighted by molar-refractivity contribution is 5.79. The van der Waals surface area contributed by atoms with Crippen LogP contribution in [0.4, 0.5) is 0 Å². The van der Waals surface area contributed by atoms with E-state index in [0.717, 1.165) is 54.7 Å². The zero-order valence-corrected chi connectivity index (χ0v) is 19.2. The Bertz CT molecular complexity index is 1070. The van der Waals surface area contributed by atoms with Gasteiger partial charge >= 0.3 is 0 Å². The Morgan fingerprint density at radius 3 is 2.67 bits per heavy atom. The molecule has 7 heteroatoms. The summed E-state index contributed by atoms with van der Waals surface area (Å²) in [5.41, 5.74) is 2.86. The van der Waals surface area contributed by atoms with Crippen LogP contribution in [0.25, 0.3) is 11.1 Å². The normalized spacial score (nSPS) is 15.8. The number of pyridine rings is 1. The van der Waals surface area contributed by atoms with Gasteiger partial charge in [0.2, 0.25) is 0 Å². The van der Waals surface area contributed by atoms with Crippen molar-refractivity contribution in [2.45, 2.75) is 45.1 Å². The minimum Gasteiger partial charge on any atom is -0.493 e. The van der Waals surface area contributed by atoms with Crippen LogP contribution in [0.15, 0.2) is 55.0 Å². The number of amides is 1. The number of benzene rings is 1. The number of hydrogen-bond acceptors (Lipinski definition) is 6. The Morgan fingerprint density at radius 2 is 1.91 bits per heavy atom. The van der Waals surface area contributed by atoms with Crippen LogP contribution in [0.5, 0.6) is 11.5 Å². The lowest BCUT2D eigenvalue weighted by molar-refractivity contribution is -0.137. The number of piperidine rings is 1. The van der Waals surface area contributed by atoms with Crippen LogP contribution in [0.2, 0.25) is 0 Å². The van der Waals surface area contributed by atoms with Crippen LogP contribution in [0, 0.1) is 0 Å². The molecule has 1 aliphatic rings. The maximum Gasteiger partial charge on any atom is 0.261 e. The van der Waals surface area contributed by atoms with Gasteiger partial charge in [-0.05, 0) is 55.5 Å². The molecule has 3 aromatic rings. The number of methoxy groups -OCH3 is 1. The lowest BCUT2D eigenvalue weighted by atomic mass is 9.94. The highest BCUT2D eigenvalue weighted by Gasteiger charge is 2.31. The molecule has 1 amide bonds. The van der Waals surface area contributed by atoms with E-state index in [-0.39, 0.29) is 18.6 Å². The van der Waals surface area contributed by atoms with Crippen molar-refractivity contribution in [2.24, 2.45) is 0 Å². The second kappa shape index (κ2) is 10.9. The van der Waals surface area contributed by atoms with Crippen LogP contribution in [-0.2, 0) is 11.2 Å². The third kappa shape index (κ3) is 5.30. The first-order chi connectivity index (χ1) is 16.2. The van der Waals surface area contributed by atoms with E-state index in [1.54, 1.807) is 19.5 Å². The van der Waals surface area contributed by atoms with Crippen molar-refractivity contribution in [3.05, 3.63) is 66.5 Å². The number of carbonyl (C=O) groups is 1. The van der Waals surface area contributed by atoms with Gasteiger partial charge in [-0.25, -0.2) is 9.97 Å². The largest absolute Gasteiger partial charge is 0.493 e. The minimum absolute atomic E-state index is 0.0473. The molecule has 4 rings (SSSR count). The van der Waals surface area contributed by atoms with Gasteiger partial charge in [0.15, 0.2) is 18.1 Å². The lowest BCUT2D eigenvalue weighted by Gasteiger charge is -2.36. The molecule has 0 aliphatic carbocycles. The highest BCUT2D eigenvalue weighted by Crippen LogP contribution is 2.36. The van der Waals surface area contributed by atoms with Gasteiger partial charge in [0.25, 0.3) is 5.91 Å². The van der Waals surface area contributed by atoms with Crippen LogP contribution in [0.1, 0.15) is 50.2 Å². The average Bonchev–Trinajstić information content (AvgIpc) is 2.88. The number of rotatable bonds is 8. The Kier molecular flexibility index (Phi) is 7.50. The molecule has 0 unspecified atom stereocenters. The molecule has 1 fully saturated rings. The maximum atomic E-state index is 13.3. The lowest BCUT2D eigenvalue weighted by Crippen LogP contribution is -2.41. The van der Waals surface area contributed by atoms with Gasteiger partial charge in [0, 0.05) is 37.1 Å². The average molecular weight is 447 g/mol. The second-order valence-corrected chi connectivity index (χ2v) is 8.11. The molecule has 7 nitrogen and oxygen atoms in total. The topological polar surface area (TPSA) is 77.4 Å². The number of ether oxygens (including phenoxy) is 2. The van der Waals surface area contributed by atoms with Crippen LogP contribution in [0.3, 0.4) is 0 Å². The van der Waals surface area contributed by atoms with Gasteiger partial charge < -0.3 is 14.4 Å². The van der Waals surface area contributed by atoms with Crippen LogP contribution >= 0.6 is 0 Å². The summed E-state index contributed by atoms with van der Waals surface area (Å²) < 4.78 is 11.2. The predicted octanol–water partition coefficient (Wildman–Crippen LogP) is 4.63. The maximum absolute atomic E-state index is 13.3. The summed E-state index contributed by atoms with van der Waals surface area (Å²) in [6.45, 7) is 2.75. The van der Waals surface area contributed by atoms with Gasteiger partial charge in [-0.2, -0.15) is 0 Å². The quantitative estimate of drug-likeness (QED) is 0.502. The fraction of sp³-hybridized carbons (Fsp3) is 0.385. The molecule has 0 spiro atoms. The standard InChI is InChI=1S/C26H30N4O3/c1-3-8-24-28-17-20(19-12-14-27-15-13-19)26(29-24)21-9-6-7-16-30(21)25(31)18-33-23-11-5-4-10-22(23)32-2/h4-5,10-15,17,21H,3,6-9,16,18H2,1-2H3/t21-/m1/s1. The summed E-state index contributed by atoms with van der Waals surface area (Å²) in [5, 5.41) is 0. The summed E-state index contributed by atoms with van der Waals surface area (Å²) >= 11 is 0. The third-order valence-corrected chi connectivity index (χ3v) is 5.89. The monoisotopic (exact) mass is 446 g/mol. The number of para-hydroxylation sites is 2. The first-order valence-electron chi connectivity index (χ1n) is 11.5. The number of aryl methyl sites for hydroxylation is 1. The molecular weight excluding hydrogens is 416 g/mol. The number of carbonyl (C=O) groups excluding carboxylic acids is 1. The predicted molar refractivity (Wildman–Crippen MR) is 126 cm³/mol. The Balaban J connectivity index is 1.62. The molecule has 1 aromatic carbocycles. The molecule has 0 bridgehead atoms. The fourth-order valence-corrected chi connectivity index (χ4v) is 4.26. The zero-order chi connectivity index (χ0) is 23.0. The van der Waals surface area contributed by atoms with Crippen molar-refractivity contribution in [2.75, 3.05) is 20.3 Å². The summed E-state index contributed by atoms with van der Waals surface area (Å²) in [5.74, 6) is 1.93. The first kappa shape index (κ1) is 22.7. The first-order valence-corrected chi connectivity index (χ1v) is 11.5. The van der Waals surface area contributed by atoms with E-state index in [1.165, 1.54) is 0 Å². The SMILES string of the molecule is CCCc1ncc(-c2ccncc2)c([C@H]2CCCCN2C(=O)COc2ccccc2OC)n1. The molecule has 1 atom stereocenters. The number of aromatic nitrogens is 3. The smallest absolute Gasteiger partial charge is 0.261 e. The van der Waals surface area contributed by atoms with Crippen molar-refractivity contribution >= 4 is 5.91 Å². The number of hydrogen-bond donors (Lipinski definition) is 0. The van der Waals surface area contributed by atoms with E-state index in [4.69, 9.17) is 14.5 Å². The summed E-state index contributed by atoms with van der Waals surface area (Å²) in [7, 11) is 1.59. The van der Waals surface area contributed by atoms with Gasteiger partial charge in [0.05, 0.1) is 18.8 Å². The van der Waals surface area contributed by atoms with Gasteiger partial charge in [0.1, 0.15) is 5.82 Å². The highest BCUT2D eigenvalue weighted by atomic mass is 16.5. The number of likely N-dealkylation sites (tertiary alicyclic amines) is 1. The van der Waals surface area contributed by atoms with E-state index in [1.807, 2.05) is 47.5 Å². The fourth-order valence-electron chi connectivity index (χ4n) is 4.26. The molecule has 1 aliphatic heterocycles. The third-order valence-electron chi connectivity index (χ3n) is 5.89. The van der Waals surface area contributed by atoms with E-state index >= 15 is 0 Å². The van der Waals surface area contributed by atoms with Gasteiger partial charge in [-0.1, -0.05) is 19.1 Å². The summed E-state index contributed by atoms with van der Waals surface area (Å²) in [6.07, 6.45) is 10.1. The van der Waals surface area contributed by atoms with Crippen molar-refractivity contribution in [3.8, 4) is 22.6 Å². The van der Waals surface area contributed by atoms with Gasteiger partial charge in [-0.3, -0.25) is 9.78 Å². The Hall–Kier alpha value is -3.48. The molecule has 0 saturated carbocycles. The second-order valence-electron chi connectivity index (χ2n) is 8.11. The summed E-state index contributed by atoms with van der Waals surface area (Å²) in [4.78, 5) is 28.9. The van der Waals surface area contributed by atoms with E-state index in [2.05, 4.69) is 16.9 Å². The van der Waals surface area contributed by atoms with Crippen molar-refractivity contribution in [3.63, 3.8) is 0 Å². The van der Waals surface area contributed by atoms with E-state index < -0.39 is 0 Å². The Labute approximate surface area is 194 Å². The molecule has 1 saturated heterocycles. The van der Waals surface area contributed by atoms with E-state index in [9.17, 15) is 4.79 Å². The van der Waals surface area contributed by atoms with Crippen molar-refractivity contribution in [1.82, 2.24) is 19.9 Å². The summed E-state index contributed by atoms with van der Waals surface area (Å²) in [6, 6.07) is 11.2. The van der Waals surface area contributed by atoms with Crippen molar-refractivity contribution in [1.29, 1.82) is 0 Å². The van der Waals surface area contributed by atoms with Gasteiger partial charge in [-0.15, -0.1) is 0 Å². The molecule has 3 heterocycles. The zero-order valence-electron chi connectivity index (χ0n) is 19.2. The molecule has 172 valence electrons. The molecular formula is C26H30N4O3. The molecule has 33 heavy (non-hydrogen) atoms. The van der Waals surface area contributed by atoms with Crippen molar-refractivity contribution < 1.29 is 14.3 Å². The molecule has 0 N–H and O–H groups in total.